The summed E-state index contributed by atoms with van der Waals surface area (Å²) in [4.78, 5) is 11.3. The van der Waals surface area contributed by atoms with Gasteiger partial charge in [-0.15, -0.1) is 0 Å². The highest BCUT2D eigenvalue weighted by atomic mass is 16.1. The third-order valence-electron chi connectivity index (χ3n) is 2.41. The first kappa shape index (κ1) is 8.24. The van der Waals surface area contributed by atoms with Gasteiger partial charge in [-0.1, -0.05) is 30.4 Å². The Kier molecular flexibility index (Phi) is 2.01. The zero-order chi connectivity index (χ0) is 9.26. The standard InChI is InChI=1S/C12H12O/c1-2-3-9-4-6-11-10(8-9)5-7-12(11)13/h2-4,6,8H,5,7H2,1H3/b3-2+. The number of aryl methyl sites for hydroxylation is 1. The lowest BCUT2D eigenvalue weighted by atomic mass is 10.1. The van der Waals surface area contributed by atoms with Crippen LogP contribution >= 0.6 is 0 Å². The average Bonchev–Trinajstić information content (AvgIpc) is 2.48. The smallest absolute Gasteiger partial charge is 0.163 e. The molecule has 0 aliphatic heterocycles. The lowest BCUT2D eigenvalue weighted by molar-refractivity contribution is 0.0994. The van der Waals surface area contributed by atoms with E-state index in [1.54, 1.807) is 0 Å². The fourth-order valence-electron chi connectivity index (χ4n) is 1.77. The maximum Gasteiger partial charge on any atom is 0.163 e. The van der Waals surface area contributed by atoms with Gasteiger partial charge in [0.05, 0.1) is 0 Å². The van der Waals surface area contributed by atoms with Gasteiger partial charge in [0, 0.05) is 12.0 Å². The first-order chi connectivity index (χ1) is 6.31. The van der Waals surface area contributed by atoms with E-state index in [2.05, 4.69) is 12.1 Å². The van der Waals surface area contributed by atoms with E-state index in [9.17, 15) is 4.79 Å². The Bertz CT molecular complexity index is 375. The van der Waals surface area contributed by atoms with Crippen LogP contribution in [-0.2, 0) is 6.42 Å². The molecule has 0 saturated heterocycles. The van der Waals surface area contributed by atoms with Crippen molar-refractivity contribution >= 4 is 11.9 Å². The van der Waals surface area contributed by atoms with Crippen molar-refractivity contribution in [3.63, 3.8) is 0 Å². The fraction of sp³-hybridized carbons (Fsp3) is 0.250. The molecule has 1 aromatic carbocycles. The van der Waals surface area contributed by atoms with Crippen LogP contribution in [0.25, 0.3) is 6.08 Å². The molecule has 0 aromatic heterocycles. The van der Waals surface area contributed by atoms with Crippen molar-refractivity contribution in [2.75, 3.05) is 0 Å². The predicted molar refractivity (Wildman–Crippen MR) is 53.8 cm³/mol. The summed E-state index contributed by atoms with van der Waals surface area (Å²) < 4.78 is 0. The van der Waals surface area contributed by atoms with Crippen molar-refractivity contribution in [3.8, 4) is 0 Å². The van der Waals surface area contributed by atoms with E-state index in [0.29, 0.717) is 12.2 Å². The van der Waals surface area contributed by atoms with Crippen LogP contribution in [0, 0.1) is 0 Å². The van der Waals surface area contributed by atoms with Gasteiger partial charge >= 0.3 is 0 Å². The van der Waals surface area contributed by atoms with E-state index in [1.807, 2.05) is 25.1 Å². The van der Waals surface area contributed by atoms with Gasteiger partial charge in [0.15, 0.2) is 5.78 Å². The van der Waals surface area contributed by atoms with E-state index in [-0.39, 0.29) is 0 Å². The highest BCUT2D eigenvalue weighted by Gasteiger charge is 2.18. The van der Waals surface area contributed by atoms with E-state index in [1.165, 1.54) is 11.1 Å². The number of allylic oxidation sites excluding steroid dienone is 1. The Morgan fingerprint density at radius 1 is 1.31 bits per heavy atom. The number of fused-ring (bicyclic) bond motifs is 1. The van der Waals surface area contributed by atoms with E-state index in [4.69, 9.17) is 0 Å². The van der Waals surface area contributed by atoms with Crippen LogP contribution in [0.3, 0.4) is 0 Å². The molecule has 1 aromatic rings. The van der Waals surface area contributed by atoms with Crippen LogP contribution < -0.4 is 0 Å². The molecular weight excluding hydrogens is 160 g/mol. The van der Waals surface area contributed by atoms with Crippen molar-refractivity contribution in [1.29, 1.82) is 0 Å². The molecule has 1 aliphatic rings. The van der Waals surface area contributed by atoms with Crippen LogP contribution in [0.1, 0.15) is 34.8 Å². The van der Waals surface area contributed by atoms with Crippen LogP contribution in [0.5, 0.6) is 0 Å². The van der Waals surface area contributed by atoms with Gasteiger partial charge in [0.25, 0.3) is 0 Å². The monoisotopic (exact) mass is 172 g/mol. The molecule has 0 atom stereocenters. The second-order valence-electron chi connectivity index (χ2n) is 3.34. The van der Waals surface area contributed by atoms with Crippen molar-refractivity contribution in [2.24, 2.45) is 0 Å². The molecule has 0 amide bonds. The normalized spacial score (nSPS) is 15.3. The maximum atomic E-state index is 11.3. The van der Waals surface area contributed by atoms with E-state index in [0.717, 1.165) is 12.0 Å². The average molecular weight is 172 g/mol. The fourth-order valence-corrected chi connectivity index (χ4v) is 1.77. The third kappa shape index (κ3) is 1.42. The van der Waals surface area contributed by atoms with Crippen LogP contribution in [-0.4, -0.2) is 5.78 Å². The van der Waals surface area contributed by atoms with Crippen molar-refractivity contribution in [3.05, 3.63) is 41.0 Å². The SMILES string of the molecule is C/C=C/c1ccc2c(c1)CCC2=O. The zero-order valence-corrected chi connectivity index (χ0v) is 7.71. The first-order valence-corrected chi connectivity index (χ1v) is 4.60. The Labute approximate surface area is 78.1 Å². The molecule has 0 radical (unpaired) electrons. The molecule has 0 unspecified atom stereocenters. The minimum Gasteiger partial charge on any atom is -0.294 e. The molecule has 2 rings (SSSR count). The molecule has 0 saturated carbocycles. The Morgan fingerprint density at radius 3 is 2.92 bits per heavy atom. The minimum absolute atomic E-state index is 0.294. The quantitative estimate of drug-likeness (QED) is 0.636. The number of rotatable bonds is 1. The van der Waals surface area contributed by atoms with E-state index < -0.39 is 0 Å². The summed E-state index contributed by atoms with van der Waals surface area (Å²) in [5.41, 5.74) is 3.32. The molecule has 66 valence electrons. The van der Waals surface area contributed by atoms with Gasteiger partial charge in [-0.05, 0) is 24.5 Å². The second-order valence-corrected chi connectivity index (χ2v) is 3.34. The molecular formula is C12H12O. The lowest BCUT2D eigenvalue weighted by Crippen LogP contribution is -1.90. The van der Waals surface area contributed by atoms with Gasteiger partial charge in [0.1, 0.15) is 0 Å². The first-order valence-electron chi connectivity index (χ1n) is 4.60. The third-order valence-corrected chi connectivity index (χ3v) is 2.41. The number of Topliss-reactive ketones (excluding diaryl/α,β-unsaturated/α-hetero) is 1. The Morgan fingerprint density at radius 2 is 2.15 bits per heavy atom. The van der Waals surface area contributed by atoms with Crippen molar-refractivity contribution in [1.82, 2.24) is 0 Å². The van der Waals surface area contributed by atoms with Crippen LogP contribution in [0.4, 0.5) is 0 Å². The highest BCUT2D eigenvalue weighted by Crippen LogP contribution is 2.23. The Hall–Kier alpha value is -1.37. The van der Waals surface area contributed by atoms with Crippen molar-refractivity contribution < 1.29 is 4.79 Å². The summed E-state index contributed by atoms with van der Waals surface area (Å²) in [5, 5.41) is 0. The Balaban J connectivity index is 2.45. The zero-order valence-electron chi connectivity index (χ0n) is 7.71. The van der Waals surface area contributed by atoms with Crippen LogP contribution in [0.15, 0.2) is 24.3 Å². The number of ketones is 1. The van der Waals surface area contributed by atoms with Gasteiger partial charge in [-0.25, -0.2) is 0 Å². The molecule has 1 heteroatoms. The van der Waals surface area contributed by atoms with Crippen LogP contribution in [0.2, 0.25) is 0 Å². The van der Waals surface area contributed by atoms with E-state index >= 15 is 0 Å². The number of carbonyl (C=O) groups excluding carboxylic acids is 1. The number of carbonyl (C=O) groups is 1. The summed E-state index contributed by atoms with van der Waals surface area (Å²) >= 11 is 0. The second kappa shape index (κ2) is 3.17. The van der Waals surface area contributed by atoms with Gasteiger partial charge in [-0.2, -0.15) is 0 Å². The predicted octanol–water partition coefficient (Wildman–Crippen LogP) is 2.85. The molecule has 0 spiro atoms. The van der Waals surface area contributed by atoms with Gasteiger partial charge in [0.2, 0.25) is 0 Å². The lowest BCUT2D eigenvalue weighted by Gasteiger charge is -1.98. The topological polar surface area (TPSA) is 17.1 Å². The number of hydrogen-bond donors (Lipinski definition) is 0. The summed E-state index contributed by atoms with van der Waals surface area (Å²) in [6.07, 6.45) is 5.68. The molecule has 0 N–H and O–H groups in total. The molecule has 1 aliphatic carbocycles. The molecule has 13 heavy (non-hydrogen) atoms. The van der Waals surface area contributed by atoms with Gasteiger partial charge in [-0.3, -0.25) is 4.79 Å². The summed E-state index contributed by atoms with van der Waals surface area (Å²) in [6, 6.07) is 6.06. The summed E-state index contributed by atoms with van der Waals surface area (Å²) in [6.45, 7) is 2.00. The van der Waals surface area contributed by atoms with Gasteiger partial charge < -0.3 is 0 Å². The summed E-state index contributed by atoms with van der Waals surface area (Å²) in [7, 11) is 0. The number of hydrogen-bond acceptors (Lipinski definition) is 1. The summed E-state index contributed by atoms with van der Waals surface area (Å²) in [5.74, 6) is 0.294. The highest BCUT2D eigenvalue weighted by molar-refractivity contribution is 6.00. The molecule has 0 heterocycles. The van der Waals surface area contributed by atoms with Crippen molar-refractivity contribution in [2.45, 2.75) is 19.8 Å². The molecule has 1 nitrogen and oxygen atoms in total. The largest absolute Gasteiger partial charge is 0.294 e. The molecule has 0 fully saturated rings. The number of benzene rings is 1. The minimum atomic E-state index is 0.294. The maximum absolute atomic E-state index is 11.3. The molecule has 0 bridgehead atoms.